The van der Waals surface area contributed by atoms with E-state index < -0.39 is 0 Å². The lowest BCUT2D eigenvalue weighted by atomic mass is 9.96. The molecule has 0 saturated carbocycles. The largest absolute Gasteiger partial charge is 0.376 e. The van der Waals surface area contributed by atoms with Gasteiger partial charge in [0.05, 0.1) is 0 Å². The quantitative estimate of drug-likeness (QED) is 0.420. The molecule has 0 aromatic rings. The van der Waals surface area contributed by atoms with Gasteiger partial charge in [-0.15, -0.1) is 0 Å². The molecule has 0 unspecified atom stereocenters. The monoisotopic (exact) mass is 278 g/mol. The summed E-state index contributed by atoms with van der Waals surface area (Å²) in [6, 6.07) is 1.93. The summed E-state index contributed by atoms with van der Waals surface area (Å²) in [4.78, 5) is 24.8. The molecule has 0 atom stereocenters. The molecule has 1 saturated heterocycles. The molecule has 0 aromatic carbocycles. The van der Waals surface area contributed by atoms with E-state index >= 15 is 0 Å². The molecule has 0 aromatic heterocycles. The Balaban J connectivity index is 2.52. The molecular formula is C14H22N4O2. The first kappa shape index (κ1) is 16.0. The maximum absolute atomic E-state index is 11.8. The average Bonchev–Trinajstić information content (AvgIpc) is 2.45. The molecular weight excluding hydrogens is 256 g/mol. The average molecular weight is 278 g/mol. The number of nitriles is 1. The first-order valence-electron chi connectivity index (χ1n) is 7.02. The lowest BCUT2D eigenvalue weighted by Gasteiger charge is -2.29. The molecule has 0 bridgehead atoms. The highest BCUT2D eigenvalue weighted by Gasteiger charge is 2.22. The first-order chi connectivity index (χ1) is 9.58. The third-order valence-corrected chi connectivity index (χ3v) is 3.42. The Labute approximate surface area is 119 Å². The molecule has 110 valence electrons. The maximum Gasteiger partial charge on any atom is 0.263 e. The van der Waals surface area contributed by atoms with Crippen LogP contribution in [0.4, 0.5) is 0 Å². The zero-order valence-corrected chi connectivity index (χ0v) is 11.9. The van der Waals surface area contributed by atoms with Gasteiger partial charge in [0.25, 0.3) is 5.91 Å². The van der Waals surface area contributed by atoms with Crippen LogP contribution in [-0.4, -0.2) is 36.3 Å². The smallest absolute Gasteiger partial charge is 0.263 e. The minimum absolute atomic E-state index is 0.0939. The Morgan fingerprint density at radius 2 is 2.10 bits per heavy atom. The van der Waals surface area contributed by atoms with Crippen molar-refractivity contribution in [3.63, 3.8) is 0 Å². The number of piperidine rings is 1. The van der Waals surface area contributed by atoms with Gasteiger partial charge < -0.3 is 16.0 Å². The van der Waals surface area contributed by atoms with E-state index in [-0.39, 0.29) is 23.3 Å². The Morgan fingerprint density at radius 1 is 1.45 bits per heavy atom. The fourth-order valence-corrected chi connectivity index (χ4v) is 2.11. The molecule has 0 aliphatic carbocycles. The van der Waals surface area contributed by atoms with Crippen LogP contribution < -0.4 is 11.1 Å². The lowest BCUT2D eigenvalue weighted by molar-refractivity contribution is -0.123. The van der Waals surface area contributed by atoms with Crippen LogP contribution in [-0.2, 0) is 9.59 Å². The number of amides is 2. The van der Waals surface area contributed by atoms with Crippen molar-refractivity contribution in [2.75, 3.05) is 19.6 Å². The minimum atomic E-state index is -0.335. The second-order valence-corrected chi connectivity index (χ2v) is 4.98. The SMILES string of the molecule is CCCCNC(=O)/C(C#N)=C\N1CCC(C(N)=O)CC1. The number of nitrogens with two attached hydrogens (primary N) is 1. The van der Waals surface area contributed by atoms with Crippen LogP contribution in [0.2, 0.25) is 0 Å². The van der Waals surface area contributed by atoms with E-state index in [0.29, 0.717) is 32.5 Å². The summed E-state index contributed by atoms with van der Waals surface area (Å²) in [7, 11) is 0. The van der Waals surface area contributed by atoms with E-state index in [1.807, 2.05) is 17.9 Å². The van der Waals surface area contributed by atoms with Gasteiger partial charge in [0, 0.05) is 31.8 Å². The predicted octanol–water partition coefficient (Wildman–Crippen LogP) is 0.507. The highest BCUT2D eigenvalue weighted by atomic mass is 16.2. The summed E-state index contributed by atoms with van der Waals surface area (Å²) in [6.45, 7) is 3.90. The van der Waals surface area contributed by atoms with E-state index in [4.69, 9.17) is 11.0 Å². The number of hydrogen-bond donors (Lipinski definition) is 2. The van der Waals surface area contributed by atoms with Gasteiger partial charge in [0.1, 0.15) is 11.6 Å². The third-order valence-electron chi connectivity index (χ3n) is 3.42. The summed E-state index contributed by atoms with van der Waals surface area (Å²) in [5.41, 5.74) is 5.38. The molecule has 1 rings (SSSR count). The summed E-state index contributed by atoms with van der Waals surface area (Å²) >= 11 is 0. The lowest BCUT2D eigenvalue weighted by Crippen LogP contribution is -2.36. The van der Waals surface area contributed by atoms with Crippen molar-refractivity contribution in [1.82, 2.24) is 10.2 Å². The summed E-state index contributed by atoms with van der Waals surface area (Å²) < 4.78 is 0. The van der Waals surface area contributed by atoms with Crippen molar-refractivity contribution in [3.05, 3.63) is 11.8 Å². The summed E-state index contributed by atoms with van der Waals surface area (Å²) in [5, 5.41) is 11.8. The number of nitrogens with one attached hydrogen (secondary N) is 1. The number of carbonyl (C=O) groups excluding carboxylic acids is 2. The van der Waals surface area contributed by atoms with Crippen LogP contribution in [0.15, 0.2) is 11.8 Å². The molecule has 1 fully saturated rings. The highest BCUT2D eigenvalue weighted by Crippen LogP contribution is 2.17. The third kappa shape index (κ3) is 4.92. The molecule has 6 heteroatoms. The molecule has 0 spiro atoms. The van der Waals surface area contributed by atoms with Gasteiger partial charge in [-0.25, -0.2) is 0 Å². The first-order valence-corrected chi connectivity index (χ1v) is 7.02. The standard InChI is InChI=1S/C14H22N4O2/c1-2-3-6-17-14(20)12(9-15)10-18-7-4-11(5-8-18)13(16)19/h10-11H,2-8H2,1H3,(H2,16,19)(H,17,20)/b12-10-. The molecule has 20 heavy (non-hydrogen) atoms. The number of primary amides is 1. The Hall–Kier alpha value is -2.03. The number of likely N-dealkylation sites (tertiary alicyclic amines) is 1. The number of hydrogen-bond acceptors (Lipinski definition) is 4. The van der Waals surface area contributed by atoms with Gasteiger partial charge in [0.15, 0.2) is 0 Å². The van der Waals surface area contributed by atoms with Gasteiger partial charge in [-0.2, -0.15) is 5.26 Å². The van der Waals surface area contributed by atoms with E-state index in [0.717, 1.165) is 12.8 Å². The van der Waals surface area contributed by atoms with Crippen LogP contribution in [0, 0.1) is 17.2 Å². The highest BCUT2D eigenvalue weighted by molar-refractivity contribution is 5.97. The van der Waals surface area contributed by atoms with Crippen LogP contribution >= 0.6 is 0 Å². The van der Waals surface area contributed by atoms with Crippen molar-refractivity contribution < 1.29 is 9.59 Å². The van der Waals surface area contributed by atoms with E-state index in [2.05, 4.69) is 5.32 Å². The van der Waals surface area contributed by atoms with E-state index in [9.17, 15) is 9.59 Å². The van der Waals surface area contributed by atoms with Crippen molar-refractivity contribution in [2.45, 2.75) is 32.6 Å². The van der Waals surface area contributed by atoms with E-state index in [1.165, 1.54) is 0 Å². The Morgan fingerprint density at radius 3 is 2.60 bits per heavy atom. The minimum Gasteiger partial charge on any atom is -0.376 e. The van der Waals surface area contributed by atoms with Gasteiger partial charge in [-0.3, -0.25) is 9.59 Å². The van der Waals surface area contributed by atoms with Crippen molar-refractivity contribution >= 4 is 11.8 Å². The van der Waals surface area contributed by atoms with Gasteiger partial charge >= 0.3 is 0 Å². The zero-order chi connectivity index (χ0) is 15.0. The number of rotatable bonds is 6. The molecule has 6 nitrogen and oxygen atoms in total. The summed E-state index contributed by atoms with van der Waals surface area (Å²) in [5.74, 6) is -0.701. The van der Waals surface area contributed by atoms with Gasteiger partial charge in [-0.05, 0) is 19.3 Å². The molecule has 1 aliphatic heterocycles. The van der Waals surface area contributed by atoms with Crippen LogP contribution in [0.5, 0.6) is 0 Å². The molecule has 0 radical (unpaired) electrons. The van der Waals surface area contributed by atoms with Crippen LogP contribution in [0.3, 0.4) is 0 Å². The normalized spacial score (nSPS) is 16.6. The van der Waals surface area contributed by atoms with Crippen molar-refractivity contribution in [1.29, 1.82) is 5.26 Å². The zero-order valence-electron chi connectivity index (χ0n) is 11.9. The second kappa shape index (κ2) is 8.20. The van der Waals surface area contributed by atoms with Gasteiger partial charge in [-0.1, -0.05) is 13.3 Å². The fraction of sp³-hybridized carbons (Fsp3) is 0.643. The number of nitrogens with zero attached hydrogens (tertiary/aromatic N) is 2. The Bertz CT molecular complexity index is 417. The maximum atomic E-state index is 11.8. The topological polar surface area (TPSA) is 99.2 Å². The molecule has 1 aliphatic rings. The van der Waals surface area contributed by atoms with Crippen molar-refractivity contribution in [2.24, 2.45) is 11.7 Å². The number of unbranched alkanes of at least 4 members (excludes halogenated alkanes) is 1. The fourth-order valence-electron chi connectivity index (χ4n) is 2.11. The van der Waals surface area contributed by atoms with Crippen LogP contribution in [0.1, 0.15) is 32.6 Å². The summed E-state index contributed by atoms with van der Waals surface area (Å²) in [6.07, 6.45) is 4.81. The molecule has 3 N–H and O–H groups in total. The number of carbonyl (C=O) groups is 2. The predicted molar refractivity (Wildman–Crippen MR) is 75.1 cm³/mol. The molecule has 2 amide bonds. The van der Waals surface area contributed by atoms with Gasteiger partial charge in [0.2, 0.25) is 5.91 Å². The Kier molecular flexibility index (Phi) is 6.57. The van der Waals surface area contributed by atoms with E-state index in [1.54, 1.807) is 6.20 Å². The van der Waals surface area contributed by atoms with Crippen LogP contribution in [0.25, 0.3) is 0 Å². The molecule has 1 heterocycles. The van der Waals surface area contributed by atoms with Crippen molar-refractivity contribution in [3.8, 4) is 6.07 Å². The second-order valence-electron chi connectivity index (χ2n) is 4.98.